The van der Waals surface area contributed by atoms with Crippen molar-refractivity contribution in [2.45, 2.75) is 26.3 Å². The van der Waals surface area contributed by atoms with Gasteiger partial charge in [-0.25, -0.2) is 0 Å². The fraction of sp³-hybridized carbons (Fsp3) is 0.118. The Kier molecular flexibility index (Phi) is 6.89. The maximum Gasteiger partial charge on any atom is 0.0936 e. The summed E-state index contributed by atoms with van der Waals surface area (Å²) < 4.78 is 0. The van der Waals surface area contributed by atoms with Crippen LogP contribution >= 0.6 is 0 Å². The summed E-state index contributed by atoms with van der Waals surface area (Å²) in [5.41, 5.74) is 11.1. The highest BCUT2D eigenvalue weighted by atomic mass is 15.1. The number of rotatable bonds is 7. The molecule has 6 rings (SSSR count). The summed E-state index contributed by atoms with van der Waals surface area (Å²) in [6, 6.07) is 36.5. The zero-order valence-electron chi connectivity index (χ0n) is 22.5. The standard InChI is InChI=1S/C34H30N6/c1-3-22(2)36-30-18-19-32(26-13-7-6-12-25(26)30)38-40-34-21-20-33(27-14-8-9-15-28(27)34)39-37-31-17-16-29(35)23-10-4-5-11-24(23)31/h4-22,36H,3,35H2,1-2H3. The van der Waals surface area contributed by atoms with Crippen LogP contribution in [0.25, 0.3) is 32.3 Å². The molecule has 0 aliphatic rings. The van der Waals surface area contributed by atoms with Crippen molar-refractivity contribution in [1.82, 2.24) is 0 Å². The van der Waals surface area contributed by atoms with Crippen molar-refractivity contribution < 1.29 is 0 Å². The predicted molar refractivity (Wildman–Crippen MR) is 168 cm³/mol. The van der Waals surface area contributed by atoms with Crippen molar-refractivity contribution in [3.8, 4) is 0 Å². The van der Waals surface area contributed by atoms with E-state index < -0.39 is 0 Å². The van der Waals surface area contributed by atoms with Crippen molar-refractivity contribution in [3.05, 3.63) is 109 Å². The molecule has 0 bridgehead atoms. The zero-order valence-corrected chi connectivity index (χ0v) is 22.5. The summed E-state index contributed by atoms with van der Waals surface area (Å²) >= 11 is 0. The number of nitrogens with zero attached hydrogens (tertiary/aromatic N) is 4. The van der Waals surface area contributed by atoms with Crippen molar-refractivity contribution in [2.24, 2.45) is 20.5 Å². The molecule has 0 aliphatic heterocycles. The monoisotopic (exact) mass is 522 g/mol. The highest BCUT2D eigenvalue weighted by Gasteiger charge is 2.09. The average Bonchev–Trinajstić information content (AvgIpc) is 3.00. The minimum absolute atomic E-state index is 0.386. The summed E-state index contributed by atoms with van der Waals surface area (Å²) in [5.74, 6) is 0. The quantitative estimate of drug-likeness (QED) is 0.161. The van der Waals surface area contributed by atoms with Crippen LogP contribution in [0.1, 0.15) is 20.3 Å². The van der Waals surface area contributed by atoms with E-state index in [9.17, 15) is 0 Å². The molecule has 40 heavy (non-hydrogen) atoms. The molecule has 0 saturated carbocycles. The summed E-state index contributed by atoms with van der Waals surface area (Å²) in [6.07, 6.45) is 1.05. The number of fused-ring (bicyclic) bond motifs is 3. The molecular formula is C34H30N6. The molecule has 1 unspecified atom stereocenters. The van der Waals surface area contributed by atoms with Crippen LogP contribution in [0, 0.1) is 0 Å². The zero-order chi connectivity index (χ0) is 27.5. The Morgan fingerprint density at radius 2 is 0.900 bits per heavy atom. The van der Waals surface area contributed by atoms with Gasteiger partial charge in [-0.05, 0) is 49.7 Å². The maximum atomic E-state index is 6.16. The fourth-order valence-electron chi connectivity index (χ4n) is 4.91. The van der Waals surface area contributed by atoms with E-state index in [1.54, 1.807) is 0 Å². The molecule has 0 aliphatic carbocycles. The minimum atomic E-state index is 0.386. The number of benzene rings is 6. The molecule has 0 radical (unpaired) electrons. The highest BCUT2D eigenvalue weighted by Crippen LogP contribution is 2.38. The molecule has 0 aromatic heterocycles. The summed E-state index contributed by atoms with van der Waals surface area (Å²) in [6.45, 7) is 4.37. The lowest BCUT2D eigenvalue weighted by Crippen LogP contribution is -2.13. The Hall–Kier alpha value is -5.10. The lowest BCUT2D eigenvalue weighted by molar-refractivity contribution is 0.765. The van der Waals surface area contributed by atoms with E-state index in [1.807, 2.05) is 84.9 Å². The minimum Gasteiger partial charge on any atom is -0.398 e. The van der Waals surface area contributed by atoms with Gasteiger partial charge in [0.15, 0.2) is 0 Å². The van der Waals surface area contributed by atoms with Crippen molar-refractivity contribution in [3.63, 3.8) is 0 Å². The van der Waals surface area contributed by atoms with Gasteiger partial charge in [0.2, 0.25) is 0 Å². The number of hydrogen-bond donors (Lipinski definition) is 2. The number of azo groups is 2. The Balaban J connectivity index is 1.36. The van der Waals surface area contributed by atoms with Gasteiger partial charge in [-0.1, -0.05) is 79.7 Å². The third-order valence-corrected chi connectivity index (χ3v) is 7.26. The van der Waals surface area contributed by atoms with Crippen LogP contribution in [-0.4, -0.2) is 6.04 Å². The third kappa shape index (κ3) is 4.87. The molecule has 6 heteroatoms. The van der Waals surface area contributed by atoms with Gasteiger partial charge in [0.05, 0.1) is 22.7 Å². The molecule has 6 aromatic carbocycles. The number of nitrogen functional groups attached to an aromatic ring is 1. The van der Waals surface area contributed by atoms with Crippen LogP contribution in [0.4, 0.5) is 34.1 Å². The van der Waals surface area contributed by atoms with E-state index in [2.05, 4.69) is 58.8 Å². The first-order chi connectivity index (χ1) is 19.6. The lowest BCUT2D eigenvalue weighted by Gasteiger charge is -2.15. The van der Waals surface area contributed by atoms with Gasteiger partial charge in [0.25, 0.3) is 0 Å². The van der Waals surface area contributed by atoms with Crippen LogP contribution in [0.15, 0.2) is 130 Å². The van der Waals surface area contributed by atoms with Gasteiger partial charge in [-0.3, -0.25) is 0 Å². The summed E-state index contributed by atoms with van der Waals surface area (Å²) in [7, 11) is 0. The van der Waals surface area contributed by atoms with E-state index >= 15 is 0 Å². The molecule has 0 heterocycles. The first-order valence-electron chi connectivity index (χ1n) is 13.5. The molecule has 196 valence electrons. The smallest absolute Gasteiger partial charge is 0.0936 e. The van der Waals surface area contributed by atoms with Gasteiger partial charge in [-0.15, -0.1) is 20.5 Å². The molecule has 6 nitrogen and oxygen atoms in total. The van der Waals surface area contributed by atoms with Gasteiger partial charge < -0.3 is 11.1 Å². The van der Waals surface area contributed by atoms with Gasteiger partial charge in [0, 0.05) is 49.7 Å². The van der Waals surface area contributed by atoms with Crippen LogP contribution in [-0.2, 0) is 0 Å². The van der Waals surface area contributed by atoms with Crippen LogP contribution in [0.3, 0.4) is 0 Å². The van der Waals surface area contributed by atoms with Gasteiger partial charge in [-0.2, -0.15) is 0 Å². The second-order valence-corrected chi connectivity index (χ2v) is 9.90. The Morgan fingerprint density at radius 1 is 0.525 bits per heavy atom. The Bertz CT molecular complexity index is 1910. The topological polar surface area (TPSA) is 87.5 Å². The van der Waals surface area contributed by atoms with E-state index in [-0.39, 0.29) is 0 Å². The van der Waals surface area contributed by atoms with Crippen LogP contribution in [0.2, 0.25) is 0 Å². The molecule has 3 N–H and O–H groups in total. The Labute approximate surface area is 233 Å². The van der Waals surface area contributed by atoms with Gasteiger partial charge >= 0.3 is 0 Å². The lowest BCUT2D eigenvalue weighted by atomic mass is 10.1. The van der Waals surface area contributed by atoms with Crippen molar-refractivity contribution >= 4 is 66.4 Å². The SMILES string of the molecule is CCC(C)Nc1ccc(N=Nc2ccc(N=Nc3ccc(N)c4ccccc34)c3ccccc23)c2ccccc12. The molecule has 0 spiro atoms. The molecule has 1 atom stereocenters. The molecule has 0 saturated heterocycles. The maximum absolute atomic E-state index is 6.16. The average molecular weight is 523 g/mol. The molecule has 0 fully saturated rings. The predicted octanol–water partition coefficient (Wildman–Crippen LogP) is 10.8. The van der Waals surface area contributed by atoms with E-state index in [0.717, 1.165) is 72.9 Å². The number of anilines is 2. The normalized spacial score (nSPS) is 12.7. The number of nitrogens with two attached hydrogens (primary N) is 1. The highest BCUT2D eigenvalue weighted by molar-refractivity contribution is 6.02. The van der Waals surface area contributed by atoms with Crippen molar-refractivity contribution in [1.29, 1.82) is 0 Å². The van der Waals surface area contributed by atoms with Crippen LogP contribution < -0.4 is 11.1 Å². The largest absolute Gasteiger partial charge is 0.398 e. The van der Waals surface area contributed by atoms with E-state index in [4.69, 9.17) is 10.8 Å². The second kappa shape index (κ2) is 10.9. The molecular weight excluding hydrogens is 492 g/mol. The fourth-order valence-corrected chi connectivity index (χ4v) is 4.91. The summed E-state index contributed by atoms with van der Waals surface area (Å²) in [5, 5.41) is 28.3. The first-order valence-corrected chi connectivity index (χ1v) is 13.5. The second-order valence-electron chi connectivity index (χ2n) is 9.90. The molecule has 6 aromatic rings. The van der Waals surface area contributed by atoms with Crippen LogP contribution in [0.5, 0.6) is 0 Å². The number of nitrogens with one attached hydrogen (secondary N) is 1. The van der Waals surface area contributed by atoms with Crippen molar-refractivity contribution in [2.75, 3.05) is 11.1 Å². The summed E-state index contributed by atoms with van der Waals surface area (Å²) in [4.78, 5) is 0. The van der Waals surface area contributed by atoms with E-state index in [0.29, 0.717) is 6.04 Å². The first kappa shape index (κ1) is 25.2. The van der Waals surface area contributed by atoms with Gasteiger partial charge in [0.1, 0.15) is 0 Å². The van der Waals surface area contributed by atoms with E-state index in [1.165, 1.54) is 0 Å². The number of hydrogen-bond acceptors (Lipinski definition) is 6. The third-order valence-electron chi connectivity index (χ3n) is 7.26. The Morgan fingerprint density at radius 3 is 1.40 bits per heavy atom. The molecule has 0 amide bonds.